The van der Waals surface area contributed by atoms with Crippen LogP contribution >= 0.6 is 11.3 Å². The zero-order chi connectivity index (χ0) is 17.3. The number of amides is 1. The number of hydrogen-bond acceptors (Lipinski definition) is 4. The summed E-state index contributed by atoms with van der Waals surface area (Å²) in [7, 11) is -2.49. The molecule has 1 fully saturated rings. The number of likely N-dealkylation sites (N-methyl/N-ethyl adjacent to an activating group) is 1. The monoisotopic (exact) mass is 367 g/mol. The highest BCUT2D eigenvalue weighted by Crippen LogP contribution is 2.26. The molecule has 2 aliphatic rings. The van der Waals surface area contributed by atoms with Gasteiger partial charge in [0.15, 0.2) is 0 Å². The molecule has 3 heterocycles. The van der Waals surface area contributed by atoms with Crippen molar-refractivity contribution in [2.24, 2.45) is 4.40 Å². The molecule has 0 N–H and O–H groups in total. The number of hydrogen-bond donors (Lipinski definition) is 0. The Hall–Kier alpha value is -1.67. The van der Waals surface area contributed by atoms with E-state index in [0.717, 1.165) is 34.9 Å². The molecule has 1 unspecified atom stereocenters. The van der Waals surface area contributed by atoms with E-state index in [1.165, 1.54) is 18.4 Å². The minimum Gasteiger partial charge on any atom is -0.334 e. The number of piperidine rings is 1. The zero-order valence-corrected chi connectivity index (χ0v) is 15.4. The molecular formula is C16H21N3O3S2. The van der Waals surface area contributed by atoms with Crippen molar-refractivity contribution in [1.29, 1.82) is 0 Å². The summed E-state index contributed by atoms with van der Waals surface area (Å²) in [5, 5.41) is 1.86. The number of nitrogens with zero attached hydrogens (tertiary/aromatic N) is 3. The SMILES string of the molecule is CCC1CCCCN1C(=O)C1=CC(c2cccs2)=NS(=O)(=O)N1C. The number of carbonyl (C=O) groups is 1. The Kier molecular flexibility index (Phi) is 4.78. The molecule has 1 aromatic heterocycles. The molecule has 24 heavy (non-hydrogen) atoms. The third kappa shape index (κ3) is 3.12. The van der Waals surface area contributed by atoms with Crippen LogP contribution in [0, 0.1) is 0 Å². The van der Waals surface area contributed by atoms with Crippen LogP contribution in [0.25, 0.3) is 0 Å². The Morgan fingerprint density at radius 2 is 2.21 bits per heavy atom. The summed E-state index contributed by atoms with van der Waals surface area (Å²) in [6, 6.07) is 3.81. The first-order valence-electron chi connectivity index (χ1n) is 8.09. The Bertz CT molecular complexity index is 781. The van der Waals surface area contributed by atoms with Gasteiger partial charge < -0.3 is 4.90 Å². The van der Waals surface area contributed by atoms with E-state index in [4.69, 9.17) is 0 Å². The fraction of sp³-hybridized carbons (Fsp3) is 0.500. The number of rotatable bonds is 3. The first-order chi connectivity index (χ1) is 11.4. The molecule has 2 aliphatic heterocycles. The van der Waals surface area contributed by atoms with E-state index in [2.05, 4.69) is 11.3 Å². The molecule has 130 valence electrons. The minimum absolute atomic E-state index is 0.173. The highest BCUT2D eigenvalue weighted by molar-refractivity contribution is 7.88. The van der Waals surface area contributed by atoms with Gasteiger partial charge in [0.25, 0.3) is 5.91 Å². The lowest BCUT2D eigenvalue weighted by molar-refractivity contribution is -0.131. The normalized spacial score (nSPS) is 23.7. The van der Waals surface area contributed by atoms with Gasteiger partial charge in [-0.15, -0.1) is 15.7 Å². The molecule has 0 spiro atoms. The topological polar surface area (TPSA) is 70.0 Å². The zero-order valence-electron chi connectivity index (χ0n) is 13.8. The van der Waals surface area contributed by atoms with E-state index in [1.807, 2.05) is 16.3 Å². The molecule has 0 aromatic carbocycles. The summed E-state index contributed by atoms with van der Waals surface area (Å²) in [5.41, 5.74) is 0.505. The minimum atomic E-state index is -3.88. The summed E-state index contributed by atoms with van der Waals surface area (Å²) in [5.74, 6) is -0.225. The maximum atomic E-state index is 13.0. The molecule has 6 nitrogen and oxygen atoms in total. The summed E-state index contributed by atoms with van der Waals surface area (Å²) < 4.78 is 29.6. The van der Waals surface area contributed by atoms with E-state index in [1.54, 1.807) is 12.1 Å². The molecule has 1 atom stereocenters. The van der Waals surface area contributed by atoms with Crippen LogP contribution in [-0.4, -0.2) is 48.9 Å². The Labute approximate surface area is 146 Å². The average Bonchev–Trinajstić information content (AvgIpc) is 3.11. The van der Waals surface area contributed by atoms with Crippen LogP contribution in [0.3, 0.4) is 0 Å². The summed E-state index contributed by atoms with van der Waals surface area (Å²) in [4.78, 5) is 15.6. The maximum Gasteiger partial charge on any atom is 0.345 e. The molecule has 0 aliphatic carbocycles. The van der Waals surface area contributed by atoms with Crippen molar-refractivity contribution in [3.05, 3.63) is 34.2 Å². The Balaban J connectivity index is 1.98. The smallest absolute Gasteiger partial charge is 0.334 e. The second kappa shape index (κ2) is 6.68. The number of allylic oxidation sites excluding steroid dienone is 1. The van der Waals surface area contributed by atoms with Crippen molar-refractivity contribution in [2.45, 2.75) is 38.6 Å². The van der Waals surface area contributed by atoms with E-state index in [9.17, 15) is 13.2 Å². The molecule has 1 saturated heterocycles. The summed E-state index contributed by atoms with van der Waals surface area (Å²) >= 11 is 1.40. The first kappa shape index (κ1) is 17.2. The lowest BCUT2D eigenvalue weighted by atomic mass is 9.99. The van der Waals surface area contributed by atoms with E-state index >= 15 is 0 Å². The van der Waals surface area contributed by atoms with Crippen molar-refractivity contribution < 1.29 is 13.2 Å². The summed E-state index contributed by atoms with van der Waals surface area (Å²) in [6.45, 7) is 2.73. The van der Waals surface area contributed by atoms with Gasteiger partial charge in [-0.1, -0.05) is 13.0 Å². The number of thiophene rings is 1. The largest absolute Gasteiger partial charge is 0.345 e. The summed E-state index contributed by atoms with van der Waals surface area (Å²) in [6.07, 6.45) is 5.50. The quantitative estimate of drug-likeness (QED) is 0.824. The van der Waals surface area contributed by atoms with Crippen molar-refractivity contribution in [3.63, 3.8) is 0 Å². The molecular weight excluding hydrogens is 346 g/mol. The van der Waals surface area contributed by atoms with E-state index < -0.39 is 10.2 Å². The van der Waals surface area contributed by atoms with Gasteiger partial charge in [0, 0.05) is 19.6 Å². The second-order valence-corrected chi connectivity index (χ2v) is 8.56. The van der Waals surface area contributed by atoms with Gasteiger partial charge in [0.1, 0.15) is 5.70 Å². The average molecular weight is 367 g/mol. The van der Waals surface area contributed by atoms with Gasteiger partial charge in [0.2, 0.25) is 0 Å². The lowest BCUT2D eigenvalue weighted by Gasteiger charge is -2.37. The van der Waals surface area contributed by atoms with Crippen molar-refractivity contribution >= 4 is 33.2 Å². The Morgan fingerprint density at radius 3 is 2.88 bits per heavy atom. The molecule has 0 bridgehead atoms. The van der Waals surface area contributed by atoms with Crippen molar-refractivity contribution in [1.82, 2.24) is 9.21 Å². The van der Waals surface area contributed by atoms with Gasteiger partial charge >= 0.3 is 10.2 Å². The highest BCUT2D eigenvalue weighted by atomic mass is 32.2. The van der Waals surface area contributed by atoms with Gasteiger partial charge in [0.05, 0.1) is 10.6 Å². The van der Waals surface area contributed by atoms with Gasteiger partial charge in [-0.2, -0.15) is 8.42 Å². The molecule has 1 amide bonds. The maximum absolute atomic E-state index is 13.0. The third-order valence-electron chi connectivity index (χ3n) is 4.52. The highest BCUT2D eigenvalue weighted by Gasteiger charge is 2.35. The van der Waals surface area contributed by atoms with E-state index in [0.29, 0.717) is 12.3 Å². The van der Waals surface area contributed by atoms with Crippen LogP contribution in [0.4, 0.5) is 0 Å². The molecule has 0 saturated carbocycles. The number of carbonyl (C=O) groups excluding carboxylic acids is 1. The van der Waals surface area contributed by atoms with Crippen molar-refractivity contribution in [3.8, 4) is 0 Å². The van der Waals surface area contributed by atoms with Crippen LogP contribution in [0.5, 0.6) is 0 Å². The molecule has 1 aromatic rings. The van der Waals surface area contributed by atoms with Crippen molar-refractivity contribution in [2.75, 3.05) is 13.6 Å². The predicted molar refractivity (Wildman–Crippen MR) is 95.3 cm³/mol. The first-order valence-corrected chi connectivity index (χ1v) is 10.4. The third-order valence-corrected chi connectivity index (χ3v) is 6.73. The van der Waals surface area contributed by atoms with Crippen LogP contribution < -0.4 is 0 Å². The lowest BCUT2D eigenvalue weighted by Crippen LogP contribution is -2.47. The predicted octanol–water partition coefficient (Wildman–Crippen LogP) is 2.40. The Morgan fingerprint density at radius 1 is 1.42 bits per heavy atom. The molecule has 8 heteroatoms. The number of likely N-dealkylation sites (tertiary alicyclic amines) is 1. The fourth-order valence-electron chi connectivity index (χ4n) is 3.13. The molecule has 3 rings (SSSR count). The standard InChI is InChI=1S/C16H21N3O3S2/c1-3-12-7-4-5-9-19(12)16(20)14-11-13(15-8-6-10-23-15)17-24(21,22)18(14)2/h6,8,10-12H,3-5,7,9H2,1-2H3. The fourth-order valence-corrected chi connectivity index (χ4v) is 4.78. The molecule has 0 radical (unpaired) electrons. The van der Waals surface area contributed by atoms with Gasteiger partial charge in [-0.25, -0.2) is 4.31 Å². The van der Waals surface area contributed by atoms with Gasteiger partial charge in [-0.05, 0) is 43.2 Å². The van der Waals surface area contributed by atoms with Crippen LogP contribution in [0.15, 0.2) is 33.7 Å². The van der Waals surface area contributed by atoms with E-state index in [-0.39, 0.29) is 17.6 Å². The second-order valence-electron chi connectivity index (χ2n) is 5.99. The van der Waals surface area contributed by atoms with Crippen LogP contribution in [-0.2, 0) is 15.0 Å². The van der Waals surface area contributed by atoms with Gasteiger partial charge in [-0.3, -0.25) is 4.79 Å². The van der Waals surface area contributed by atoms with Crippen LogP contribution in [0.1, 0.15) is 37.5 Å². The van der Waals surface area contributed by atoms with Crippen LogP contribution in [0.2, 0.25) is 0 Å².